The molecule has 35 heavy (non-hydrogen) atoms. The summed E-state index contributed by atoms with van der Waals surface area (Å²) in [6, 6.07) is 11.4. The van der Waals surface area contributed by atoms with E-state index in [1.165, 1.54) is 13.2 Å². The topological polar surface area (TPSA) is 114 Å². The molecule has 1 heterocycles. The summed E-state index contributed by atoms with van der Waals surface area (Å²) in [5, 5.41) is 5.02. The van der Waals surface area contributed by atoms with Crippen LogP contribution in [0.2, 0.25) is 0 Å². The van der Waals surface area contributed by atoms with Crippen molar-refractivity contribution in [1.82, 2.24) is 10.2 Å². The van der Waals surface area contributed by atoms with Gasteiger partial charge in [-0.1, -0.05) is 36.6 Å². The molecule has 1 saturated carbocycles. The highest BCUT2D eigenvalue weighted by molar-refractivity contribution is 6.31. The van der Waals surface area contributed by atoms with Gasteiger partial charge in [0.05, 0.1) is 7.11 Å². The Balaban J connectivity index is 1.46. The molecule has 1 aliphatic carbocycles. The average molecular weight is 478 g/mol. The third-order valence-electron chi connectivity index (χ3n) is 6.02. The van der Waals surface area contributed by atoms with Crippen LogP contribution in [0, 0.1) is 6.92 Å². The van der Waals surface area contributed by atoms with Gasteiger partial charge < -0.3 is 14.8 Å². The maximum Gasteiger partial charge on any atom is 0.331 e. The Morgan fingerprint density at radius 1 is 1.09 bits per heavy atom. The minimum atomic E-state index is -0.735. The van der Waals surface area contributed by atoms with Crippen LogP contribution < -0.4 is 20.1 Å². The molecule has 2 N–H and O–H groups in total. The molecule has 2 aliphatic rings. The van der Waals surface area contributed by atoms with Crippen molar-refractivity contribution in [3.63, 3.8) is 0 Å². The van der Waals surface area contributed by atoms with E-state index >= 15 is 0 Å². The maximum atomic E-state index is 13.0. The number of benzene rings is 2. The van der Waals surface area contributed by atoms with Crippen molar-refractivity contribution in [2.75, 3.05) is 19.0 Å². The van der Waals surface area contributed by atoms with Gasteiger partial charge in [0, 0.05) is 11.7 Å². The second-order valence-electron chi connectivity index (χ2n) is 8.54. The Morgan fingerprint density at radius 3 is 2.49 bits per heavy atom. The van der Waals surface area contributed by atoms with Gasteiger partial charge in [-0.2, -0.15) is 0 Å². The Kier molecular flexibility index (Phi) is 7.14. The number of carbonyl (C=O) groups is 4. The first kappa shape index (κ1) is 24.0. The minimum absolute atomic E-state index is 0.121. The molecule has 182 valence electrons. The van der Waals surface area contributed by atoms with Gasteiger partial charge >= 0.3 is 6.03 Å². The number of imide groups is 2. The van der Waals surface area contributed by atoms with Gasteiger partial charge in [0.1, 0.15) is 5.57 Å². The number of methoxy groups -OCH3 is 1. The highest BCUT2D eigenvalue weighted by Crippen LogP contribution is 2.31. The molecular formula is C26H27N3O6. The third-order valence-corrected chi connectivity index (χ3v) is 6.02. The van der Waals surface area contributed by atoms with Crippen LogP contribution >= 0.6 is 0 Å². The van der Waals surface area contributed by atoms with Crippen molar-refractivity contribution >= 4 is 35.5 Å². The third kappa shape index (κ3) is 5.51. The largest absolute Gasteiger partial charge is 0.493 e. The molecule has 2 aromatic rings. The van der Waals surface area contributed by atoms with E-state index in [-0.39, 0.29) is 24.1 Å². The van der Waals surface area contributed by atoms with Gasteiger partial charge in [0.2, 0.25) is 0 Å². The number of aryl methyl sites for hydroxylation is 1. The zero-order chi connectivity index (χ0) is 24.9. The standard InChI is InChI=1S/C26H27N3O6/c1-16-7-10-18(11-8-16)27-23(30)15-35-21-12-9-17(14-22(21)34-2)13-20-24(31)28-26(33)29(25(20)32)19-5-3-4-6-19/h7-14,19H,3-6,15H2,1-2H3,(H,27,30)(H,28,31,33)/b20-13+. The van der Waals surface area contributed by atoms with Crippen molar-refractivity contribution < 1.29 is 28.7 Å². The van der Waals surface area contributed by atoms with Crippen LogP contribution in [-0.4, -0.2) is 48.4 Å². The summed E-state index contributed by atoms with van der Waals surface area (Å²) in [6.45, 7) is 1.73. The lowest BCUT2D eigenvalue weighted by molar-refractivity contribution is -0.131. The predicted octanol–water partition coefficient (Wildman–Crippen LogP) is 3.43. The zero-order valence-electron chi connectivity index (χ0n) is 19.6. The lowest BCUT2D eigenvalue weighted by atomic mass is 10.0. The molecule has 2 aromatic carbocycles. The number of anilines is 1. The second-order valence-corrected chi connectivity index (χ2v) is 8.54. The molecule has 0 aromatic heterocycles. The van der Waals surface area contributed by atoms with Gasteiger partial charge in [-0.25, -0.2) is 4.79 Å². The molecule has 0 atom stereocenters. The Bertz CT molecular complexity index is 1180. The number of amides is 5. The maximum absolute atomic E-state index is 13.0. The number of barbiturate groups is 1. The fourth-order valence-corrected chi connectivity index (χ4v) is 4.20. The molecular weight excluding hydrogens is 450 g/mol. The summed E-state index contributed by atoms with van der Waals surface area (Å²) in [5.41, 5.74) is 2.14. The van der Waals surface area contributed by atoms with E-state index in [1.807, 2.05) is 19.1 Å². The van der Waals surface area contributed by atoms with E-state index in [4.69, 9.17) is 9.47 Å². The molecule has 4 rings (SSSR count). The van der Waals surface area contributed by atoms with E-state index in [1.54, 1.807) is 30.3 Å². The van der Waals surface area contributed by atoms with Crippen LogP contribution in [0.25, 0.3) is 6.08 Å². The number of ether oxygens (including phenoxy) is 2. The van der Waals surface area contributed by atoms with E-state index in [0.29, 0.717) is 22.7 Å². The molecule has 5 amide bonds. The van der Waals surface area contributed by atoms with E-state index in [2.05, 4.69) is 10.6 Å². The van der Waals surface area contributed by atoms with Crippen molar-refractivity contribution in [1.29, 1.82) is 0 Å². The monoisotopic (exact) mass is 477 g/mol. The number of nitrogens with one attached hydrogen (secondary N) is 2. The quantitative estimate of drug-likeness (QED) is 0.467. The van der Waals surface area contributed by atoms with E-state index < -0.39 is 17.8 Å². The van der Waals surface area contributed by atoms with Crippen LogP contribution in [0.15, 0.2) is 48.0 Å². The molecule has 0 radical (unpaired) electrons. The Hall–Kier alpha value is -4.14. The van der Waals surface area contributed by atoms with Crippen LogP contribution in [0.1, 0.15) is 36.8 Å². The summed E-state index contributed by atoms with van der Waals surface area (Å²) in [7, 11) is 1.45. The summed E-state index contributed by atoms with van der Waals surface area (Å²) in [4.78, 5) is 51.1. The summed E-state index contributed by atoms with van der Waals surface area (Å²) < 4.78 is 11.0. The average Bonchev–Trinajstić information content (AvgIpc) is 3.36. The molecule has 1 aliphatic heterocycles. The first-order valence-corrected chi connectivity index (χ1v) is 11.4. The van der Waals surface area contributed by atoms with Crippen LogP contribution in [0.4, 0.5) is 10.5 Å². The molecule has 0 bridgehead atoms. The van der Waals surface area contributed by atoms with Gasteiger partial charge in [-0.05, 0) is 55.7 Å². The number of urea groups is 1. The molecule has 1 saturated heterocycles. The van der Waals surface area contributed by atoms with Crippen molar-refractivity contribution in [2.45, 2.75) is 38.6 Å². The van der Waals surface area contributed by atoms with Crippen molar-refractivity contribution in [3.05, 3.63) is 59.2 Å². The van der Waals surface area contributed by atoms with Gasteiger partial charge in [-0.15, -0.1) is 0 Å². The zero-order valence-corrected chi connectivity index (χ0v) is 19.6. The van der Waals surface area contributed by atoms with E-state index in [0.717, 1.165) is 36.1 Å². The molecule has 0 unspecified atom stereocenters. The fourth-order valence-electron chi connectivity index (χ4n) is 4.20. The predicted molar refractivity (Wildman–Crippen MR) is 129 cm³/mol. The van der Waals surface area contributed by atoms with Crippen LogP contribution in [-0.2, 0) is 14.4 Å². The first-order valence-electron chi connectivity index (χ1n) is 11.4. The molecule has 2 fully saturated rings. The Labute approximate surface area is 203 Å². The van der Waals surface area contributed by atoms with Crippen LogP contribution in [0.3, 0.4) is 0 Å². The minimum Gasteiger partial charge on any atom is -0.493 e. The number of carbonyl (C=O) groups excluding carboxylic acids is 4. The number of hydrogen-bond donors (Lipinski definition) is 2. The van der Waals surface area contributed by atoms with Gasteiger partial charge in [0.25, 0.3) is 17.7 Å². The second kappa shape index (κ2) is 10.4. The van der Waals surface area contributed by atoms with Crippen molar-refractivity contribution in [3.8, 4) is 11.5 Å². The Morgan fingerprint density at radius 2 is 1.80 bits per heavy atom. The smallest absolute Gasteiger partial charge is 0.331 e. The normalized spacial score (nSPS) is 17.5. The highest BCUT2D eigenvalue weighted by Gasteiger charge is 2.40. The molecule has 0 spiro atoms. The highest BCUT2D eigenvalue weighted by atomic mass is 16.5. The van der Waals surface area contributed by atoms with E-state index in [9.17, 15) is 19.2 Å². The summed E-state index contributed by atoms with van der Waals surface area (Å²) in [6.07, 6.45) is 4.77. The first-order chi connectivity index (χ1) is 16.9. The van der Waals surface area contributed by atoms with Gasteiger partial charge in [0.15, 0.2) is 18.1 Å². The molecule has 9 nitrogen and oxygen atoms in total. The number of nitrogens with zero attached hydrogens (tertiary/aromatic N) is 1. The lowest BCUT2D eigenvalue weighted by Gasteiger charge is -2.31. The van der Waals surface area contributed by atoms with Crippen LogP contribution in [0.5, 0.6) is 11.5 Å². The SMILES string of the molecule is COc1cc(/C=C2\C(=O)NC(=O)N(C3CCCC3)C2=O)ccc1OCC(=O)Nc1ccc(C)cc1. The fraction of sp³-hybridized carbons (Fsp3) is 0.308. The van der Waals surface area contributed by atoms with Crippen molar-refractivity contribution in [2.24, 2.45) is 0 Å². The molecule has 9 heteroatoms. The summed E-state index contributed by atoms with van der Waals surface area (Å²) >= 11 is 0. The summed E-state index contributed by atoms with van der Waals surface area (Å²) in [5.74, 6) is -1.01. The number of hydrogen-bond acceptors (Lipinski definition) is 6. The lowest BCUT2D eigenvalue weighted by Crippen LogP contribution is -2.57. The number of rotatable bonds is 7. The van der Waals surface area contributed by atoms with Gasteiger partial charge in [-0.3, -0.25) is 24.6 Å².